The standard InChI is InChI=1S/C16H16Br2N2/c1-19-8-9-20(15-5-3-2-4-14(15)19)16-10-13(18)7-6-12(16)11-17/h2-7,10H,8-9,11H2,1H3. The molecular weight excluding hydrogens is 380 g/mol. The van der Waals surface area contributed by atoms with E-state index >= 15 is 0 Å². The van der Waals surface area contributed by atoms with Crippen molar-refractivity contribution in [1.29, 1.82) is 0 Å². The summed E-state index contributed by atoms with van der Waals surface area (Å²) in [5.41, 5.74) is 5.16. The molecule has 3 rings (SSSR count). The van der Waals surface area contributed by atoms with E-state index in [1.807, 2.05) is 0 Å². The average molecular weight is 396 g/mol. The minimum Gasteiger partial charge on any atom is -0.371 e. The van der Waals surface area contributed by atoms with Crippen molar-refractivity contribution in [2.75, 3.05) is 29.9 Å². The maximum absolute atomic E-state index is 3.60. The number of rotatable bonds is 2. The van der Waals surface area contributed by atoms with Crippen LogP contribution in [0.5, 0.6) is 0 Å². The zero-order valence-electron chi connectivity index (χ0n) is 11.3. The average Bonchev–Trinajstić information content (AvgIpc) is 2.48. The summed E-state index contributed by atoms with van der Waals surface area (Å²) in [5, 5.41) is 0.865. The normalized spacial score (nSPS) is 14.3. The van der Waals surface area contributed by atoms with Crippen molar-refractivity contribution in [3.8, 4) is 0 Å². The van der Waals surface area contributed by atoms with E-state index in [1.165, 1.54) is 22.6 Å². The molecule has 0 fully saturated rings. The van der Waals surface area contributed by atoms with Gasteiger partial charge in [-0.25, -0.2) is 0 Å². The van der Waals surface area contributed by atoms with Gasteiger partial charge in [0.25, 0.3) is 0 Å². The maximum atomic E-state index is 3.60. The zero-order valence-corrected chi connectivity index (χ0v) is 14.5. The summed E-state index contributed by atoms with van der Waals surface area (Å²) < 4.78 is 1.12. The van der Waals surface area contributed by atoms with Gasteiger partial charge in [-0.2, -0.15) is 0 Å². The number of benzene rings is 2. The molecule has 104 valence electrons. The molecule has 0 aliphatic carbocycles. The molecular formula is C16H16Br2N2. The van der Waals surface area contributed by atoms with Crippen LogP contribution < -0.4 is 9.80 Å². The summed E-state index contributed by atoms with van der Waals surface area (Å²) in [4.78, 5) is 4.73. The zero-order chi connectivity index (χ0) is 14.1. The van der Waals surface area contributed by atoms with Crippen molar-refractivity contribution in [1.82, 2.24) is 0 Å². The third-order valence-electron chi connectivity index (χ3n) is 3.72. The Morgan fingerprint density at radius 2 is 1.75 bits per heavy atom. The van der Waals surface area contributed by atoms with Crippen molar-refractivity contribution in [2.24, 2.45) is 0 Å². The van der Waals surface area contributed by atoms with E-state index in [9.17, 15) is 0 Å². The van der Waals surface area contributed by atoms with E-state index in [1.54, 1.807) is 0 Å². The summed E-state index contributed by atoms with van der Waals surface area (Å²) in [7, 11) is 2.16. The first kappa shape index (κ1) is 14.0. The summed E-state index contributed by atoms with van der Waals surface area (Å²) in [6, 6.07) is 15.1. The van der Waals surface area contributed by atoms with Crippen LogP contribution in [-0.2, 0) is 5.33 Å². The highest BCUT2D eigenvalue weighted by Gasteiger charge is 2.22. The molecule has 4 heteroatoms. The molecule has 2 aromatic rings. The summed E-state index contributed by atoms with van der Waals surface area (Å²) in [5.74, 6) is 0. The van der Waals surface area contributed by atoms with Gasteiger partial charge < -0.3 is 9.80 Å². The van der Waals surface area contributed by atoms with E-state index in [-0.39, 0.29) is 0 Å². The van der Waals surface area contributed by atoms with Gasteiger partial charge in [-0.1, -0.05) is 50.1 Å². The number of nitrogens with zero attached hydrogens (tertiary/aromatic N) is 2. The Hall–Kier alpha value is -1.00. The van der Waals surface area contributed by atoms with E-state index in [4.69, 9.17) is 0 Å². The van der Waals surface area contributed by atoms with Gasteiger partial charge >= 0.3 is 0 Å². The van der Waals surface area contributed by atoms with Crippen molar-refractivity contribution >= 4 is 48.9 Å². The molecule has 0 atom stereocenters. The number of para-hydroxylation sites is 2. The van der Waals surface area contributed by atoms with Crippen LogP contribution >= 0.6 is 31.9 Å². The smallest absolute Gasteiger partial charge is 0.0649 e. The van der Waals surface area contributed by atoms with Crippen LogP contribution in [0, 0.1) is 0 Å². The molecule has 0 amide bonds. The molecule has 0 saturated carbocycles. The van der Waals surface area contributed by atoms with Gasteiger partial charge in [0.05, 0.1) is 11.4 Å². The molecule has 0 N–H and O–H groups in total. The predicted molar refractivity (Wildman–Crippen MR) is 93.5 cm³/mol. The van der Waals surface area contributed by atoms with Gasteiger partial charge in [0.1, 0.15) is 0 Å². The topological polar surface area (TPSA) is 6.48 Å². The predicted octanol–water partition coefficient (Wildman–Crippen LogP) is 4.93. The van der Waals surface area contributed by atoms with Gasteiger partial charge in [0.15, 0.2) is 0 Å². The Kier molecular flexibility index (Phi) is 4.03. The van der Waals surface area contributed by atoms with Crippen molar-refractivity contribution < 1.29 is 0 Å². The first-order valence-electron chi connectivity index (χ1n) is 6.63. The first-order chi connectivity index (χ1) is 9.70. The molecule has 1 aliphatic rings. The highest BCUT2D eigenvalue weighted by atomic mass is 79.9. The highest BCUT2D eigenvalue weighted by Crippen LogP contribution is 2.39. The van der Waals surface area contributed by atoms with Gasteiger partial charge in [-0.05, 0) is 29.8 Å². The van der Waals surface area contributed by atoms with Crippen LogP contribution in [0.3, 0.4) is 0 Å². The lowest BCUT2D eigenvalue weighted by Gasteiger charge is -2.37. The van der Waals surface area contributed by atoms with Crippen LogP contribution in [0.4, 0.5) is 17.1 Å². The van der Waals surface area contributed by atoms with Gasteiger partial charge in [0, 0.05) is 35.6 Å². The second-order valence-electron chi connectivity index (χ2n) is 4.97. The minimum absolute atomic E-state index is 0.865. The SMILES string of the molecule is CN1CCN(c2cc(Br)ccc2CBr)c2ccccc21. The molecule has 0 bridgehead atoms. The summed E-state index contributed by atoms with van der Waals surface area (Å²) >= 11 is 7.19. The molecule has 20 heavy (non-hydrogen) atoms. The van der Waals surface area contributed by atoms with Crippen molar-refractivity contribution in [3.63, 3.8) is 0 Å². The molecule has 0 spiro atoms. The highest BCUT2D eigenvalue weighted by molar-refractivity contribution is 9.10. The Morgan fingerprint density at radius 3 is 2.50 bits per heavy atom. The van der Waals surface area contributed by atoms with Crippen molar-refractivity contribution in [3.05, 3.63) is 52.5 Å². The molecule has 2 aromatic carbocycles. The first-order valence-corrected chi connectivity index (χ1v) is 8.54. The Balaban J connectivity index is 2.12. The third-order valence-corrected chi connectivity index (χ3v) is 4.82. The number of alkyl halides is 1. The van der Waals surface area contributed by atoms with Crippen LogP contribution in [0.15, 0.2) is 46.9 Å². The summed E-state index contributed by atoms with van der Waals surface area (Å²) in [6.07, 6.45) is 0. The fourth-order valence-electron chi connectivity index (χ4n) is 2.66. The molecule has 1 heterocycles. The molecule has 1 aliphatic heterocycles. The Bertz CT molecular complexity index is 628. The number of fused-ring (bicyclic) bond motifs is 1. The van der Waals surface area contributed by atoms with Gasteiger partial charge in [-0.3, -0.25) is 0 Å². The minimum atomic E-state index is 0.865. The van der Waals surface area contributed by atoms with E-state index < -0.39 is 0 Å². The molecule has 0 radical (unpaired) electrons. The Morgan fingerprint density at radius 1 is 1.00 bits per heavy atom. The van der Waals surface area contributed by atoms with Crippen LogP contribution in [0.1, 0.15) is 5.56 Å². The van der Waals surface area contributed by atoms with E-state index in [0.717, 1.165) is 22.9 Å². The van der Waals surface area contributed by atoms with Crippen LogP contribution in [-0.4, -0.2) is 20.1 Å². The largest absolute Gasteiger partial charge is 0.371 e. The Labute approximate surface area is 136 Å². The van der Waals surface area contributed by atoms with Crippen LogP contribution in [0.25, 0.3) is 0 Å². The fourth-order valence-corrected chi connectivity index (χ4v) is 3.48. The quantitative estimate of drug-likeness (QED) is 0.665. The lowest BCUT2D eigenvalue weighted by Crippen LogP contribution is -2.36. The molecule has 0 aromatic heterocycles. The number of hydrogen-bond acceptors (Lipinski definition) is 2. The third kappa shape index (κ3) is 2.47. The fraction of sp³-hybridized carbons (Fsp3) is 0.250. The monoisotopic (exact) mass is 394 g/mol. The van der Waals surface area contributed by atoms with E-state index in [2.05, 4.69) is 91.2 Å². The number of likely N-dealkylation sites (N-methyl/N-ethyl adjacent to an activating group) is 1. The lowest BCUT2D eigenvalue weighted by molar-refractivity contribution is 0.820. The molecule has 2 nitrogen and oxygen atoms in total. The maximum Gasteiger partial charge on any atom is 0.0649 e. The molecule has 0 saturated heterocycles. The molecule has 0 unspecified atom stereocenters. The van der Waals surface area contributed by atoms with Crippen LogP contribution in [0.2, 0.25) is 0 Å². The van der Waals surface area contributed by atoms with Gasteiger partial charge in [0.2, 0.25) is 0 Å². The van der Waals surface area contributed by atoms with E-state index in [0.29, 0.717) is 0 Å². The number of hydrogen-bond donors (Lipinski definition) is 0. The van der Waals surface area contributed by atoms with Crippen molar-refractivity contribution in [2.45, 2.75) is 5.33 Å². The second kappa shape index (κ2) is 5.78. The van der Waals surface area contributed by atoms with Gasteiger partial charge in [-0.15, -0.1) is 0 Å². The summed E-state index contributed by atoms with van der Waals surface area (Å²) in [6.45, 7) is 2.04. The number of halogens is 2. The number of anilines is 3. The second-order valence-corrected chi connectivity index (χ2v) is 6.44. The lowest BCUT2D eigenvalue weighted by atomic mass is 10.1.